The summed E-state index contributed by atoms with van der Waals surface area (Å²) < 4.78 is 0. The van der Waals surface area contributed by atoms with Crippen molar-refractivity contribution in [2.45, 2.75) is 25.8 Å². The molecular formula is C15H19N5O3. The molecule has 3 N–H and O–H groups in total. The van der Waals surface area contributed by atoms with Crippen LogP contribution in [0.25, 0.3) is 11.0 Å². The Balaban J connectivity index is 2.05. The maximum atomic E-state index is 12.8. The maximum absolute atomic E-state index is 12.8. The van der Waals surface area contributed by atoms with Crippen LogP contribution in [0.15, 0.2) is 15.7 Å². The second-order valence-corrected chi connectivity index (χ2v) is 5.81. The van der Waals surface area contributed by atoms with E-state index < -0.39 is 11.2 Å². The van der Waals surface area contributed by atoms with Gasteiger partial charge in [-0.25, -0.2) is 9.78 Å². The molecule has 1 unspecified atom stereocenters. The highest BCUT2D eigenvalue weighted by Crippen LogP contribution is 2.20. The molecule has 1 atom stereocenters. The molecular weight excluding hydrogens is 298 g/mol. The van der Waals surface area contributed by atoms with Gasteiger partial charge in [-0.05, 0) is 38.4 Å². The van der Waals surface area contributed by atoms with Gasteiger partial charge in [-0.1, -0.05) is 0 Å². The van der Waals surface area contributed by atoms with E-state index in [9.17, 15) is 14.4 Å². The van der Waals surface area contributed by atoms with Gasteiger partial charge in [-0.2, -0.15) is 0 Å². The van der Waals surface area contributed by atoms with Gasteiger partial charge in [-0.15, -0.1) is 0 Å². The van der Waals surface area contributed by atoms with E-state index in [2.05, 4.69) is 20.3 Å². The molecule has 122 valence electrons. The molecule has 3 rings (SSSR count). The molecule has 8 heteroatoms. The number of pyridine rings is 1. The predicted molar refractivity (Wildman–Crippen MR) is 85.7 cm³/mol. The van der Waals surface area contributed by atoms with Gasteiger partial charge < -0.3 is 10.2 Å². The van der Waals surface area contributed by atoms with Crippen molar-refractivity contribution in [1.29, 1.82) is 0 Å². The summed E-state index contributed by atoms with van der Waals surface area (Å²) in [6.07, 6.45) is 1.91. The Morgan fingerprint density at radius 1 is 1.43 bits per heavy atom. The molecule has 0 bridgehead atoms. The lowest BCUT2D eigenvalue weighted by Crippen LogP contribution is -2.41. The highest BCUT2D eigenvalue weighted by atomic mass is 16.2. The third-order valence-corrected chi connectivity index (χ3v) is 4.20. The molecule has 0 spiro atoms. The Bertz CT molecular complexity index is 870. The summed E-state index contributed by atoms with van der Waals surface area (Å²) in [4.78, 5) is 46.7. The average molecular weight is 317 g/mol. The predicted octanol–water partition coefficient (Wildman–Crippen LogP) is -0.256. The van der Waals surface area contributed by atoms with Gasteiger partial charge in [0.1, 0.15) is 11.3 Å². The first kappa shape index (κ1) is 15.4. The van der Waals surface area contributed by atoms with Crippen LogP contribution in [0.5, 0.6) is 0 Å². The Kier molecular flexibility index (Phi) is 3.99. The van der Waals surface area contributed by atoms with E-state index in [-0.39, 0.29) is 23.3 Å². The number of likely N-dealkylation sites (tertiary alicyclic amines) is 1. The van der Waals surface area contributed by atoms with Gasteiger partial charge in [0.2, 0.25) is 0 Å². The molecule has 0 radical (unpaired) electrons. The third-order valence-electron chi connectivity index (χ3n) is 4.20. The van der Waals surface area contributed by atoms with Crippen molar-refractivity contribution in [3.05, 3.63) is 38.2 Å². The van der Waals surface area contributed by atoms with Crippen molar-refractivity contribution in [1.82, 2.24) is 25.2 Å². The minimum Gasteiger partial charge on any atom is -0.333 e. The van der Waals surface area contributed by atoms with E-state index in [0.717, 1.165) is 19.4 Å². The number of aryl methyl sites for hydroxylation is 1. The van der Waals surface area contributed by atoms with Gasteiger partial charge in [0.05, 0.1) is 5.39 Å². The third kappa shape index (κ3) is 2.77. The molecule has 1 saturated heterocycles. The van der Waals surface area contributed by atoms with E-state index in [1.54, 1.807) is 17.9 Å². The summed E-state index contributed by atoms with van der Waals surface area (Å²) in [6, 6.07) is 1.75. The Morgan fingerprint density at radius 3 is 2.96 bits per heavy atom. The molecule has 1 amide bonds. The van der Waals surface area contributed by atoms with Crippen molar-refractivity contribution >= 4 is 16.9 Å². The van der Waals surface area contributed by atoms with Gasteiger partial charge in [0.15, 0.2) is 0 Å². The molecule has 0 aliphatic carbocycles. The van der Waals surface area contributed by atoms with Crippen LogP contribution in [0.4, 0.5) is 0 Å². The quantitative estimate of drug-likeness (QED) is 0.722. The number of aromatic amines is 2. The standard InChI is InChI=1S/C15H19N5O3/c1-8-6-10(14(22)20-5-3-4-9(20)7-16-2)17-12-11(8)13(21)19-15(23)18-12/h6,9,16H,3-5,7H2,1-2H3,(H2,17,18,19,21,23). The largest absolute Gasteiger partial charge is 0.333 e. The van der Waals surface area contributed by atoms with Crippen molar-refractivity contribution in [3.8, 4) is 0 Å². The van der Waals surface area contributed by atoms with Gasteiger partial charge in [-0.3, -0.25) is 19.6 Å². The van der Waals surface area contributed by atoms with Crippen LogP contribution in [0.3, 0.4) is 0 Å². The van der Waals surface area contributed by atoms with Crippen LogP contribution in [-0.2, 0) is 0 Å². The topological polar surface area (TPSA) is 111 Å². The minimum absolute atomic E-state index is 0.142. The Hall–Kier alpha value is -2.48. The monoisotopic (exact) mass is 317 g/mol. The number of hydrogen-bond acceptors (Lipinski definition) is 5. The van der Waals surface area contributed by atoms with E-state index in [1.807, 2.05) is 7.05 Å². The summed E-state index contributed by atoms with van der Waals surface area (Å²) in [5, 5.41) is 3.39. The first-order valence-corrected chi connectivity index (χ1v) is 7.61. The first-order valence-electron chi connectivity index (χ1n) is 7.61. The fourth-order valence-electron chi connectivity index (χ4n) is 3.16. The zero-order valence-electron chi connectivity index (χ0n) is 13.1. The number of nitrogens with one attached hydrogen (secondary N) is 3. The Labute approximate surface area is 131 Å². The van der Waals surface area contributed by atoms with Crippen LogP contribution < -0.4 is 16.6 Å². The molecule has 3 heterocycles. The van der Waals surface area contributed by atoms with Crippen molar-refractivity contribution in [2.24, 2.45) is 0 Å². The van der Waals surface area contributed by atoms with E-state index >= 15 is 0 Å². The molecule has 0 aromatic carbocycles. The number of carbonyl (C=O) groups excluding carboxylic acids is 1. The van der Waals surface area contributed by atoms with Gasteiger partial charge >= 0.3 is 5.69 Å². The smallest absolute Gasteiger partial charge is 0.327 e. The molecule has 23 heavy (non-hydrogen) atoms. The lowest BCUT2D eigenvalue weighted by Gasteiger charge is -2.24. The first-order chi connectivity index (χ1) is 11.0. The minimum atomic E-state index is -0.631. The Morgan fingerprint density at radius 2 is 2.22 bits per heavy atom. The van der Waals surface area contributed by atoms with Crippen LogP contribution in [0, 0.1) is 6.92 Å². The second kappa shape index (κ2) is 5.96. The zero-order chi connectivity index (χ0) is 16.6. The van der Waals surface area contributed by atoms with E-state index in [0.29, 0.717) is 17.5 Å². The zero-order valence-corrected chi connectivity index (χ0v) is 13.1. The summed E-state index contributed by atoms with van der Waals surface area (Å²) >= 11 is 0. The van der Waals surface area contributed by atoms with E-state index in [1.165, 1.54) is 0 Å². The fraction of sp³-hybridized carbons (Fsp3) is 0.467. The van der Waals surface area contributed by atoms with Crippen LogP contribution >= 0.6 is 0 Å². The average Bonchev–Trinajstić information content (AvgIpc) is 2.93. The lowest BCUT2D eigenvalue weighted by atomic mass is 10.1. The summed E-state index contributed by atoms with van der Waals surface area (Å²) in [7, 11) is 1.86. The molecule has 1 aliphatic heterocycles. The molecule has 0 saturated carbocycles. The molecule has 2 aromatic rings. The van der Waals surface area contributed by atoms with E-state index in [4.69, 9.17) is 0 Å². The number of aromatic nitrogens is 3. The summed E-state index contributed by atoms with van der Waals surface area (Å²) in [5.74, 6) is -0.172. The summed E-state index contributed by atoms with van der Waals surface area (Å²) in [6.45, 7) is 3.15. The highest BCUT2D eigenvalue weighted by Gasteiger charge is 2.30. The van der Waals surface area contributed by atoms with Crippen LogP contribution in [0.1, 0.15) is 28.9 Å². The van der Waals surface area contributed by atoms with Gasteiger partial charge in [0, 0.05) is 19.1 Å². The highest BCUT2D eigenvalue weighted by molar-refractivity contribution is 5.95. The van der Waals surface area contributed by atoms with Crippen LogP contribution in [0.2, 0.25) is 0 Å². The number of H-pyrrole nitrogens is 2. The lowest BCUT2D eigenvalue weighted by molar-refractivity contribution is 0.0731. The number of carbonyl (C=O) groups is 1. The number of rotatable bonds is 3. The molecule has 2 aromatic heterocycles. The molecule has 1 aliphatic rings. The second-order valence-electron chi connectivity index (χ2n) is 5.81. The maximum Gasteiger partial charge on any atom is 0.327 e. The number of likely N-dealkylation sites (N-methyl/N-ethyl adjacent to an activating group) is 1. The van der Waals surface area contributed by atoms with Crippen molar-refractivity contribution < 1.29 is 4.79 Å². The number of hydrogen-bond donors (Lipinski definition) is 3. The number of nitrogens with zero attached hydrogens (tertiary/aromatic N) is 2. The number of amides is 1. The normalized spacial score (nSPS) is 17.8. The number of fused-ring (bicyclic) bond motifs is 1. The van der Waals surface area contributed by atoms with Gasteiger partial charge in [0.25, 0.3) is 11.5 Å². The fourth-order valence-corrected chi connectivity index (χ4v) is 3.16. The van der Waals surface area contributed by atoms with Crippen LogP contribution in [-0.4, -0.2) is 51.9 Å². The SMILES string of the molecule is CNCC1CCCN1C(=O)c1cc(C)c2c(=O)[nH]c(=O)[nH]c2n1. The molecule has 1 fully saturated rings. The summed E-state index contributed by atoms with van der Waals surface area (Å²) in [5.41, 5.74) is -0.124. The van der Waals surface area contributed by atoms with Crippen molar-refractivity contribution in [3.63, 3.8) is 0 Å². The molecule has 8 nitrogen and oxygen atoms in total. The van der Waals surface area contributed by atoms with Crippen molar-refractivity contribution in [2.75, 3.05) is 20.1 Å².